The molecule has 0 aliphatic heterocycles. The zero-order valence-corrected chi connectivity index (χ0v) is 13.6. The molecule has 0 bridgehead atoms. The molecule has 2 N–H and O–H groups in total. The highest BCUT2D eigenvalue weighted by atomic mass is 32.2. The lowest BCUT2D eigenvalue weighted by Crippen LogP contribution is -2.05. The molecule has 0 radical (unpaired) electrons. The number of thioether (sulfide) groups is 1. The maximum Gasteiger partial charge on any atom is 0.214 e. The Morgan fingerprint density at radius 3 is 2.58 bits per heavy atom. The van der Waals surface area contributed by atoms with E-state index in [0.717, 1.165) is 11.3 Å². The van der Waals surface area contributed by atoms with Gasteiger partial charge in [0.1, 0.15) is 0 Å². The van der Waals surface area contributed by atoms with E-state index in [1.807, 2.05) is 31.2 Å². The molecule has 24 heavy (non-hydrogen) atoms. The van der Waals surface area contributed by atoms with Crippen molar-refractivity contribution >= 4 is 17.5 Å². The first kappa shape index (κ1) is 16.0. The fraction of sp³-hybridized carbons (Fsp3) is 0.125. The van der Waals surface area contributed by atoms with Gasteiger partial charge in [0.25, 0.3) is 0 Å². The first-order valence-electron chi connectivity index (χ1n) is 7.08. The number of aromatic hydroxyl groups is 2. The zero-order valence-electron chi connectivity index (χ0n) is 12.7. The summed E-state index contributed by atoms with van der Waals surface area (Å²) in [4.78, 5) is 12.2. The molecule has 0 saturated heterocycles. The Hall–Kier alpha value is -2.87. The van der Waals surface area contributed by atoms with Crippen LogP contribution in [0.25, 0.3) is 5.69 Å². The number of rotatable bonds is 5. The van der Waals surface area contributed by atoms with Crippen molar-refractivity contribution in [3.05, 3.63) is 53.6 Å². The number of carbonyl (C=O) groups excluding carboxylic acids is 1. The van der Waals surface area contributed by atoms with E-state index in [0.29, 0.717) is 10.7 Å². The van der Waals surface area contributed by atoms with Crippen LogP contribution in [0.5, 0.6) is 11.5 Å². The van der Waals surface area contributed by atoms with Gasteiger partial charge in [0.05, 0.1) is 11.4 Å². The Morgan fingerprint density at radius 2 is 1.88 bits per heavy atom. The van der Waals surface area contributed by atoms with Crippen LogP contribution in [-0.4, -0.2) is 42.0 Å². The van der Waals surface area contributed by atoms with Crippen LogP contribution in [-0.2, 0) is 0 Å². The minimum Gasteiger partial charge on any atom is -0.504 e. The first-order chi connectivity index (χ1) is 11.5. The number of aryl methyl sites for hydroxylation is 1. The number of Topliss-reactive ketones (excluding diaryl/α,β-unsaturated/α-hetero) is 1. The van der Waals surface area contributed by atoms with Crippen LogP contribution in [0, 0.1) is 6.92 Å². The van der Waals surface area contributed by atoms with Crippen LogP contribution in [0.15, 0.2) is 47.6 Å². The predicted molar refractivity (Wildman–Crippen MR) is 88.7 cm³/mol. The van der Waals surface area contributed by atoms with Crippen molar-refractivity contribution in [2.75, 3.05) is 5.75 Å². The second-order valence-corrected chi connectivity index (χ2v) is 6.07. The number of hydrogen-bond acceptors (Lipinski definition) is 7. The third kappa shape index (κ3) is 3.38. The molecule has 2 aromatic carbocycles. The summed E-state index contributed by atoms with van der Waals surface area (Å²) < 4.78 is 1.56. The summed E-state index contributed by atoms with van der Waals surface area (Å²) in [7, 11) is 0. The van der Waals surface area contributed by atoms with E-state index in [1.165, 1.54) is 30.0 Å². The zero-order chi connectivity index (χ0) is 17.1. The number of aromatic nitrogens is 4. The summed E-state index contributed by atoms with van der Waals surface area (Å²) in [6.07, 6.45) is 0. The van der Waals surface area contributed by atoms with Gasteiger partial charge in [-0.1, -0.05) is 29.5 Å². The minimum absolute atomic E-state index is 0.108. The molecular weight excluding hydrogens is 328 g/mol. The Bertz CT molecular complexity index is 877. The van der Waals surface area contributed by atoms with Crippen molar-refractivity contribution in [1.29, 1.82) is 0 Å². The normalized spacial score (nSPS) is 10.7. The molecule has 0 saturated carbocycles. The highest BCUT2D eigenvalue weighted by Crippen LogP contribution is 2.26. The van der Waals surface area contributed by atoms with E-state index < -0.39 is 0 Å². The van der Waals surface area contributed by atoms with Gasteiger partial charge in [-0.25, -0.2) is 0 Å². The van der Waals surface area contributed by atoms with E-state index in [4.69, 9.17) is 0 Å². The SMILES string of the molecule is Cc1ccc(-n2nnnc2SCC(=O)c2ccc(O)c(O)c2)cc1. The van der Waals surface area contributed by atoms with Gasteiger partial charge in [0.2, 0.25) is 5.16 Å². The summed E-state index contributed by atoms with van der Waals surface area (Å²) in [5.74, 6) is -0.678. The second kappa shape index (κ2) is 6.71. The molecule has 0 atom stereocenters. The number of benzene rings is 2. The summed E-state index contributed by atoms with van der Waals surface area (Å²) in [6, 6.07) is 11.7. The van der Waals surface area contributed by atoms with Gasteiger partial charge in [0.15, 0.2) is 17.3 Å². The highest BCUT2D eigenvalue weighted by molar-refractivity contribution is 7.99. The minimum atomic E-state index is -0.324. The van der Waals surface area contributed by atoms with Gasteiger partial charge < -0.3 is 10.2 Å². The molecule has 0 amide bonds. The lowest BCUT2D eigenvalue weighted by atomic mass is 10.1. The lowest BCUT2D eigenvalue weighted by Gasteiger charge is -2.05. The standard InChI is InChI=1S/C16H14N4O3S/c1-10-2-5-12(6-3-10)20-16(17-18-19-20)24-9-15(23)11-4-7-13(21)14(22)8-11/h2-8,21-22H,9H2,1H3. The van der Waals surface area contributed by atoms with E-state index in [1.54, 1.807) is 4.68 Å². The van der Waals surface area contributed by atoms with Crippen molar-refractivity contribution in [3.8, 4) is 17.2 Å². The van der Waals surface area contributed by atoms with Crippen LogP contribution >= 0.6 is 11.8 Å². The van der Waals surface area contributed by atoms with Gasteiger partial charge in [0, 0.05) is 5.56 Å². The molecule has 8 heteroatoms. The maximum absolute atomic E-state index is 12.2. The molecule has 7 nitrogen and oxygen atoms in total. The van der Waals surface area contributed by atoms with Crippen molar-refractivity contribution in [2.45, 2.75) is 12.1 Å². The molecule has 0 aliphatic rings. The number of tetrazole rings is 1. The largest absolute Gasteiger partial charge is 0.504 e. The van der Waals surface area contributed by atoms with Gasteiger partial charge in [-0.15, -0.1) is 5.10 Å². The Kier molecular flexibility index (Phi) is 4.48. The molecule has 1 heterocycles. The number of nitrogens with zero attached hydrogens (tertiary/aromatic N) is 4. The maximum atomic E-state index is 12.2. The van der Waals surface area contributed by atoms with Gasteiger partial charge in [-0.05, 0) is 47.7 Å². The molecule has 0 fully saturated rings. The summed E-state index contributed by atoms with van der Waals surface area (Å²) in [5.41, 5.74) is 2.25. The molecule has 122 valence electrons. The first-order valence-corrected chi connectivity index (χ1v) is 8.06. The van der Waals surface area contributed by atoms with Crippen molar-refractivity contribution in [1.82, 2.24) is 20.2 Å². The predicted octanol–water partition coefficient (Wildman–Crippen LogP) is 2.36. The van der Waals surface area contributed by atoms with Crippen molar-refractivity contribution in [3.63, 3.8) is 0 Å². The third-order valence-electron chi connectivity index (χ3n) is 3.35. The molecular formula is C16H14N4O3S. The molecule has 0 spiro atoms. The van der Waals surface area contributed by atoms with Crippen LogP contribution < -0.4 is 0 Å². The van der Waals surface area contributed by atoms with Crippen LogP contribution in [0.4, 0.5) is 0 Å². The number of phenols is 2. The van der Waals surface area contributed by atoms with E-state index in [2.05, 4.69) is 15.5 Å². The van der Waals surface area contributed by atoms with Gasteiger partial charge in [-0.2, -0.15) is 4.68 Å². The molecule has 3 aromatic rings. The second-order valence-electron chi connectivity index (χ2n) is 5.12. The molecule has 3 rings (SSSR count). The topological polar surface area (TPSA) is 101 Å². The number of phenolic OH excluding ortho intramolecular Hbond substituents is 2. The van der Waals surface area contributed by atoms with Gasteiger partial charge in [-0.3, -0.25) is 4.79 Å². The fourth-order valence-electron chi connectivity index (χ4n) is 2.03. The summed E-state index contributed by atoms with van der Waals surface area (Å²) in [5, 5.41) is 30.8. The van der Waals surface area contributed by atoms with Crippen LogP contribution in [0.3, 0.4) is 0 Å². The van der Waals surface area contributed by atoms with Crippen LogP contribution in [0.1, 0.15) is 15.9 Å². The summed E-state index contributed by atoms with van der Waals surface area (Å²) in [6.45, 7) is 1.99. The van der Waals surface area contributed by atoms with E-state index in [-0.39, 0.29) is 23.0 Å². The average molecular weight is 342 g/mol. The Balaban J connectivity index is 1.73. The third-order valence-corrected chi connectivity index (χ3v) is 4.27. The fourth-order valence-corrected chi connectivity index (χ4v) is 2.81. The lowest BCUT2D eigenvalue weighted by molar-refractivity contribution is 0.102. The molecule has 0 aliphatic carbocycles. The number of ketones is 1. The quantitative estimate of drug-likeness (QED) is 0.417. The van der Waals surface area contributed by atoms with Crippen LogP contribution in [0.2, 0.25) is 0 Å². The molecule has 1 aromatic heterocycles. The van der Waals surface area contributed by atoms with E-state index >= 15 is 0 Å². The Labute approximate surface area is 141 Å². The summed E-state index contributed by atoms with van der Waals surface area (Å²) >= 11 is 1.20. The van der Waals surface area contributed by atoms with Crippen molar-refractivity contribution in [2.24, 2.45) is 0 Å². The van der Waals surface area contributed by atoms with Crippen molar-refractivity contribution < 1.29 is 15.0 Å². The smallest absolute Gasteiger partial charge is 0.214 e. The number of carbonyl (C=O) groups is 1. The van der Waals surface area contributed by atoms with E-state index in [9.17, 15) is 15.0 Å². The molecule has 0 unspecified atom stereocenters. The number of hydrogen-bond donors (Lipinski definition) is 2. The Morgan fingerprint density at radius 1 is 1.12 bits per heavy atom. The average Bonchev–Trinajstić information content (AvgIpc) is 3.04. The van der Waals surface area contributed by atoms with Gasteiger partial charge >= 0.3 is 0 Å². The highest BCUT2D eigenvalue weighted by Gasteiger charge is 2.14. The monoisotopic (exact) mass is 342 g/mol.